The highest BCUT2D eigenvalue weighted by atomic mass is 16.6. The van der Waals surface area contributed by atoms with E-state index in [0.717, 1.165) is 12.8 Å². The maximum absolute atomic E-state index is 12.7. The number of nitro groups is 1. The first-order chi connectivity index (χ1) is 12.0. The van der Waals surface area contributed by atoms with Gasteiger partial charge in [0.15, 0.2) is 11.5 Å². The zero-order chi connectivity index (χ0) is 18.4. The molecule has 0 N–H and O–H groups in total. The zero-order valence-electron chi connectivity index (χ0n) is 14.4. The monoisotopic (exact) mass is 350 g/mol. The first-order valence-electron chi connectivity index (χ1n) is 8.29. The summed E-state index contributed by atoms with van der Waals surface area (Å²) in [7, 11) is 1.41. The number of carbonyl (C=O) groups excluding carboxylic acids is 2. The van der Waals surface area contributed by atoms with Crippen molar-refractivity contribution in [3.05, 3.63) is 27.8 Å². The quantitative estimate of drug-likeness (QED) is 0.309. The van der Waals surface area contributed by atoms with Crippen molar-refractivity contribution < 1.29 is 24.0 Å². The van der Waals surface area contributed by atoms with Crippen molar-refractivity contribution in [2.24, 2.45) is 0 Å². The van der Waals surface area contributed by atoms with Crippen LogP contribution in [-0.2, 0) is 4.79 Å². The predicted molar refractivity (Wildman–Crippen MR) is 90.2 cm³/mol. The number of amides is 1. The van der Waals surface area contributed by atoms with Crippen LogP contribution in [0.1, 0.15) is 43.0 Å². The molecule has 1 aromatic carbocycles. The van der Waals surface area contributed by atoms with Gasteiger partial charge < -0.3 is 19.2 Å². The third-order valence-corrected chi connectivity index (χ3v) is 4.18. The van der Waals surface area contributed by atoms with Crippen LogP contribution in [0.4, 0.5) is 5.69 Å². The van der Waals surface area contributed by atoms with Crippen LogP contribution in [0, 0.1) is 10.1 Å². The van der Waals surface area contributed by atoms with Gasteiger partial charge in [-0.2, -0.15) is 0 Å². The molecular weight excluding hydrogens is 328 g/mol. The van der Waals surface area contributed by atoms with E-state index in [2.05, 4.69) is 0 Å². The molecule has 1 fully saturated rings. The molecule has 0 radical (unpaired) electrons. The van der Waals surface area contributed by atoms with Crippen LogP contribution < -0.4 is 9.47 Å². The van der Waals surface area contributed by atoms with Gasteiger partial charge in [-0.1, -0.05) is 13.3 Å². The first-order valence-corrected chi connectivity index (χ1v) is 8.29. The summed E-state index contributed by atoms with van der Waals surface area (Å²) >= 11 is 0. The molecule has 8 heteroatoms. The van der Waals surface area contributed by atoms with E-state index in [4.69, 9.17) is 9.47 Å². The number of methoxy groups -OCH3 is 1. The number of hydrogen-bond acceptors (Lipinski definition) is 6. The van der Waals surface area contributed by atoms with Gasteiger partial charge in [-0.05, 0) is 19.3 Å². The van der Waals surface area contributed by atoms with Crippen LogP contribution in [0.3, 0.4) is 0 Å². The fourth-order valence-corrected chi connectivity index (χ4v) is 2.81. The molecule has 1 saturated heterocycles. The van der Waals surface area contributed by atoms with Crippen LogP contribution in [0.2, 0.25) is 0 Å². The lowest BCUT2D eigenvalue weighted by atomic mass is 10.1. The van der Waals surface area contributed by atoms with Gasteiger partial charge in [-0.3, -0.25) is 14.9 Å². The zero-order valence-corrected chi connectivity index (χ0v) is 14.4. The van der Waals surface area contributed by atoms with Gasteiger partial charge >= 0.3 is 0 Å². The van der Waals surface area contributed by atoms with E-state index < -0.39 is 16.9 Å². The summed E-state index contributed by atoms with van der Waals surface area (Å²) in [6.07, 6.45) is 3.68. The van der Waals surface area contributed by atoms with E-state index in [1.807, 2.05) is 6.92 Å². The van der Waals surface area contributed by atoms with E-state index >= 15 is 0 Å². The molecule has 0 saturated carbocycles. The average Bonchev–Trinajstić information content (AvgIpc) is 3.09. The highest BCUT2D eigenvalue weighted by Crippen LogP contribution is 2.36. The molecule has 136 valence electrons. The molecule has 1 amide bonds. The Morgan fingerprint density at radius 3 is 2.80 bits per heavy atom. The highest BCUT2D eigenvalue weighted by Gasteiger charge is 2.34. The van der Waals surface area contributed by atoms with E-state index in [-0.39, 0.29) is 22.7 Å². The minimum Gasteiger partial charge on any atom is -0.493 e. The van der Waals surface area contributed by atoms with Crippen molar-refractivity contribution in [2.75, 3.05) is 20.3 Å². The van der Waals surface area contributed by atoms with Gasteiger partial charge in [0.05, 0.1) is 30.7 Å². The summed E-state index contributed by atoms with van der Waals surface area (Å²) < 4.78 is 10.8. The normalized spacial score (nSPS) is 16.6. The second-order valence-electron chi connectivity index (χ2n) is 5.82. The number of nitrogens with zero attached hydrogens (tertiary/aromatic N) is 2. The minimum atomic E-state index is -0.620. The van der Waals surface area contributed by atoms with Gasteiger partial charge in [-0.25, -0.2) is 0 Å². The number of likely N-dealkylation sites (tertiary alicyclic amines) is 1. The minimum absolute atomic E-state index is 0.0987. The fourth-order valence-electron chi connectivity index (χ4n) is 2.81. The third-order valence-electron chi connectivity index (χ3n) is 4.18. The van der Waals surface area contributed by atoms with E-state index in [1.54, 1.807) is 0 Å². The summed E-state index contributed by atoms with van der Waals surface area (Å²) in [5.74, 6) is -0.0563. The molecule has 0 spiro atoms. The Bertz CT molecular complexity index is 661. The standard InChI is InChI=1S/C17H22N2O6/c1-3-4-8-25-16-10-14(19(22)23)13(9-15(16)24-2)17(21)18-7-5-6-12(18)11-20/h9-12H,3-8H2,1-2H3/t12-/m0/s1. The Morgan fingerprint density at radius 2 is 2.20 bits per heavy atom. The Kier molecular flexibility index (Phi) is 6.32. The van der Waals surface area contributed by atoms with Crippen molar-refractivity contribution in [3.63, 3.8) is 0 Å². The summed E-state index contributed by atoms with van der Waals surface area (Å²) in [6, 6.07) is 1.99. The summed E-state index contributed by atoms with van der Waals surface area (Å²) in [4.78, 5) is 36.1. The third kappa shape index (κ3) is 4.07. The van der Waals surface area contributed by atoms with Gasteiger partial charge in [0.2, 0.25) is 0 Å². The number of unbranched alkanes of at least 4 members (excludes halogenated alkanes) is 1. The molecule has 25 heavy (non-hydrogen) atoms. The molecule has 1 aliphatic rings. The number of hydrogen-bond donors (Lipinski definition) is 0. The molecule has 1 atom stereocenters. The Labute approximate surface area is 145 Å². The van der Waals surface area contributed by atoms with Crippen LogP contribution >= 0.6 is 0 Å². The molecule has 0 aromatic heterocycles. The van der Waals surface area contributed by atoms with Crippen LogP contribution in [0.5, 0.6) is 11.5 Å². The van der Waals surface area contributed by atoms with Gasteiger partial charge in [0.25, 0.3) is 11.6 Å². The molecule has 0 unspecified atom stereocenters. The Morgan fingerprint density at radius 1 is 1.44 bits per heavy atom. The van der Waals surface area contributed by atoms with Crippen molar-refractivity contribution in [1.29, 1.82) is 0 Å². The lowest BCUT2D eigenvalue weighted by molar-refractivity contribution is -0.385. The number of benzene rings is 1. The molecular formula is C17H22N2O6. The number of rotatable bonds is 8. The summed E-state index contributed by atoms with van der Waals surface area (Å²) in [5, 5.41) is 11.4. The van der Waals surface area contributed by atoms with Crippen LogP contribution in [0.25, 0.3) is 0 Å². The van der Waals surface area contributed by atoms with Crippen molar-refractivity contribution in [2.45, 2.75) is 38.6 Å². The summed E-state index contributed by atoms with van der Waals surface area (Å²) in [5.41, 5.74) is -0.452. The Hall–Kier alpha value is -2.64. The first kappa shape index (κ1) is 18.7. The number of ether oxygens (including phenoxy) is 2. The smallest absolute Gasteiger partial charge is 0.286 e. The topological polar surface area (TPSA) is 99.0 Å². The lowest BCUT2D eigenvalue weighted by Gasteiger charge is -2.21. The Balaban J connectivity index is 2.40. The van der Waals surface area contributed by atoms with Crippen molar-refractivity contribution in [1.82, 2.24) is 4.90 Å². The second-order valence-corrected chi connectivity index (χ2v) is 5.82. The predicted octanol–water partition coefficient (Wildman–Crippen LogP) is 2.59. The van der Waals surface area contributed by atoms with Gasteiger partial charge in [0, 0.05) is 12.6 Å². The maximum Gasteiger partial charge on any atom is 0.286 e. The van der Waals surface area contributed by atoms with E-state index in [9.17, 15) is 19.7 Å². The molecule has 2 rings (SSSR count). The van der Waals surface area contributed by atoms with Crippen LogP contribution in [0.15, 0.2) is 12.1 Å². The molecule has 1 heterocycles. The molecule has 0 aliphatic carbocycles. The lowest BCUT2D eigenvalue weighted by Crippen LogP contribution is -2.36. The largest absolute Gasteiger partial charge is 0.493 e. The van der Waals surface area contributed by atoms with E-state index in [0.29, 0.717) is 32.3 Å². The second kappa shape index (κ2) is 8.46. The van der Waals surface area contributed by atoms with Gasteiger partial charge in [-0.15, -0.1) is 0 Å². The van der Waals surface area contributed by atoms with E-state index in [1.165, 1.54) is 24.1 Å². The molecule has 1 aliphatic heterocycles. The molecule has 0 bridgehead atoms. The average molecular weight is 350 g/mol. The van der Waals surface area contributed by atoms with Crippen molar-refractivity contribution >= 4 is 17.9 Å². The summed E-state index contributed by atoms with van der Waals surface area (Å²) in [6.45, 7) is 2.80. The van der Waals surface area contributed by atoms with Crippen LogP contribution in [-0.4, -0.2) is 48.3 Å². The molecule has 1 aromatic rings. The number of carbonyl (C=O) groups is 2. The van der Waals surface area contributed by atoms with Crippen molar-refractivity contribution in [3.8, 4) is 11.5 Å². The fraction of sp³-hybridized carbons (Fsp3) is 0.529. The number of aldehydes is 1. The molecule has 8 nitrogen and oxygen atoms in total. The SMILES string of the molecule is CCCCOc1cc([N+](=O)[O-])c(C(=O)N2CCC[C@H]2C=O)cc1OC. The maximum atomic E-state index is 12.7. The number of nitro benzene ring substituents is 1. The van der Waals surface area contributed by atoms with Gasteiger partial charge in [0.1, 0.15) is 11.8 Å². The highest BCUT2D eigenvalue weighted by molar-refractivity contribution is 6.00.